The van der Waals surface area contributed by atoms with Crippen LogP contribution in [0.25, 0.3) is 21.8 Å². The van der Waals surface area contributed by atoms with E-state index in [-0.39, 0.29) is 36.4 Å². The number of ether oxygens (including phenoxy) is 3. The number of likely N-dealkylation sites (tertiary alicyclic amines) is 1. The van der Waals surface area contributed by atoms with Crippen molar-refractivity contribution >= 4 is 33.7 Å². The van der Waals surface area contributed by atoms with Gasteiger partial charge in [-0.3, -0.25) is 14.5 Å². The zero-order chi connectivity index (χ0) is 33.9. The Morgan fingerprint density at radius 3 is 2.53 bits per heavy atom. The van der Waals surface area contributed by atoms with Crippen molar-refractivity contribution in [1.29, 1.82) is 0 Å². The van der Waals surface area contributed by atoms with Gasteiger partial charge in [0.05, 0.1) is 27.4 Å². The highest BCUT2D eigenvalue weighted by molar-refractivity contribution is 5.93. The molecule has 258 valence electrons. The number of H-pyrrole nitrogens is 2. The number of hydrogen-bond acceptors (Lipinski definition) is 8. The summed E-state index contributed by atoms with van der Waals surface area (Å²) in [5.41, 5.74) is 4.55. The van der Waals surface area contributed by atoms with Crippen LogP contribution in [0, 0.1) is 17.8 Å². The Kier molecular flexibility index (Phi) is 8.18. The van der Waals surface area contributed by atoms with Gasteiger partial charge in [0.25, 0.3) is 0 Å². The average Bonchev–Trinajstić information content (AvgIpc) is 3.66. The van der Waals surface area contributed by atoms with Gasteiger partial charge >= 0.3 is 11.9 Å². The smallest absolute Gasteiger partial charge is 0.320 e. The Morgan fingerprint density at radius 2 is 1.80 bits per heavy atom. The first-order valence-corrected chi connectivity index (χ1v) is 17.6. The lowest BCUT2D eigenvalue weighted by atomic mass is 9.56. The number of aromatic nitrogens is 2. The van der Waals surface area contributed by atoms with E-state index in [4.69, 9.17) is 14.2 Å². The lowest BCUT2D eigenvalue weighted by Gasteiger charge is -2.54. The van der Waals surface area contributed by atoms with Crippen molar-refractivity contribution in [1.82, 2.24) is 20.2 Å². The number of hydrogen-bond donors (Lipinski definition) is 4. The van der Waals surface area contributed by atoms with Crippen molar-refractivity contribution in [2.45, 2.75) is 49.6 Å². The summed E-state index contributed by atoms with van der Waals surface area (Å²) in [5.74, 6) is -0.727. The second kappa shape index (κ2) is 12.4. The molecule has 0 saturated carbocycles. The number of nitrogens with one attached hydrogen (secondary N) is 3. The van der Waals surface area contributed by atoms with Gasteiger partial charge in [0.1, 0.15) is 10.8 Å². The van der Waals surface area contributed by atoms with Crippen LogP contribution >= 0.6 is 0 Å². The fourth-order valence-electron chi connectivity index (χ4n) is 10.3. The lowest BCUT2D eigenvalue weighted by molar-refractivity contribution is -0.157. The number of carbonyl (C=O) groups is 2. The molecule has 4 bridgehead atoms. The maximum atomic E-state index is 14.2. The number of piperidine rings is 2. The molecular weight excluding hydrogens is 620 g/mol. The molecule has 2 aromatic heterocycles. The monoisotopic (exact) mass is 666 g/mol. The third-order valence-corrected chi connectivity index (χ3v) is 12.4. The normalized spacial score (nSPS) is 28.9. The third kappa shape index (κ3) is 4.53. The van der Waals surface area contributed by atoms with Crippen LogP contribution < -0.4 is 5.32 Å². The van der Waals surface area contributed by atoms with Gasteiger partial charge in [-0.15, -0.1) is 0 Å². The van der Waals surface area contributed by atoms with E-state index in [1.54, 1.807) is 0 Å². The number of aliphatic hydroxyl groups is 1. The van der Waals surface area contributed by atoms with Crippen LogP contribution in [-0.2, 0) is 41.2 Å². The fraction of sp³-hybridized carbons (Fsp3) is 0.487. The number of nitrogens with zero attached hydrogens (tertiary/aromatic N) is 1. The molecule has 10 nitrogen and oxygen atoms in total. The topological polar surface area (TPSA) is 129 Å². The van der Waals surface area contributed by atoms with Gasteiger partial charge < -0.3 is 34.6 Å². The van der Waals surface area contributed by atoms with Crippen molar-refractivity contribution in [3.05, 3.63) is 82.7 Å². The van der Waals surface area contributed by atoms with Crippen molar-refractivity contribution in [2.24, 2.45) is 17.8 Å². The predicted octanol–water partition coefficient (Wildman–Crippen LogP) is 4.63. The molecule has 5 heterocycles. The van der Waals surface area contributed by atoms with Crippen molar-refractivity contribution in [3.63, 3.8) is 0 Å². The average molecular weight is 667 g/mol. The summed E-state index contributed by atoms with van der Waals surface area (Å²) in [7, 11) is 2.90. The number of para-hydroxylation sites is 2. The van der Waals surface area contributed by atoms with Crippen LogP contribution in [0.4, 0.5) is 0 Å². The Hall–Kier alpha value is -3.96. The maximum absolute atomic E-state index is 14.2. The van der Waals surface area contributed by atoms with Gasteiger partial charge in [-0.25, -0.2) is 0 Å². The van der Waals surface area contributed by atoms with E-state index in [1.165, 1.54) is 14.2 Å². The Labute approximate surface area is 286 Å². The van der Waals surface area contributed by atoms with E-state index in [1.807, 2.05) is 31.2 Å². The molecular formula is C39H46N4O6. The molecule has 4 N–H and O–H groups in total. The van der Waals surface area contributed by atoms with Crippen LogP contribution in [0.5, 0.6) is 0 Å². The van der Waals surface area contributed by atoms with Gasteiger partial charge in [-0.1, -0.05) is 48.0 Å². The van der Waals surface area contributed by atoms with E-state index in [0.717, 1.165) is 75.8 Å². The first-order valence-electron chi connectivity index (χ1n) is 17.6. The third-order valence-electron chi connectivity index (χ3n) is 12.4. The van der Waals surface area contributed by atoms with Crippen LogP contribution in [0.1, 0.15) is 54.7 Å². The fourth-order valence-corrected chi connectivity index (χ4v) is 10.3. The maximum Gasteiger partial charge on any atom is 0.320 e. The quantitative estimate of drug-likeness (QED) is 0.166. The van der Waals surface area contributed by atoms with Crippen LogP contribution in [0.2, 0.25) is 0 Å². The van der Waals surface area contributed by atoms with Crippen molar-refractivity contribution in [3.8, 4) is 0 Å². The molecule has 3 fully saturated rings. The zero-order valence-corrected chi connectivity index (χ0v) is 28.5. The standard InChI is InChI=1S/C39H46N4O6/c1-4-23-19-40-16-13-28(23)38(21-44,36(45)47-2)34-27(24-9-5-7-11-30(24)41-34)20-43-17-14-29-25-15-18-49-22-39(29,37(46)48-3)35-32(33(25)43)26-10-6-8-12-31(26)42-35/h4-12,25,28-29,33,40-42,44H,13-22H2,1-3H3/t25-,28-,29-,33+,38-,39-/m0/s1. The number of carbonyl (C=O) groups excluding carboxylic acids is 2. The van der Waals surface area contributed by atoms with Crippen molar-refractivity contribution in [2.75, 3.05) is 53.7 Å². The molecule has 0 spiro atoms. The SMILES string of the molecule is CC=C1CNCC[C@@H]1[C@](CO)(C(=O)OC)c1[nH]c2ccccc2c1CN1CC[C@H]2[C@@H]3CCOC[C@@]2(C(=O)OC)c2[nH]c4ccccc4c2[C@@H]31. The molecule has 4 aliphatic rings. The van der Waals surface area contributed by atoms with Crippen LogP contribution in [-0.4, -0.2) is 85.6 Å². The minimum absolute atomic E-state index is 0.00229. The number of esters is 2. The summed E-state index contributed by atoms with van der Waals surface area (Å²) in [6, 6.07) is 16.5. The first kappa shape index (κ1) is 32.3. The van der Waals surface area contributed by atoms with Crippen LogP contribution in [0.15, 0.2) is 60.2 Å². The minimum Gasteiger partial charge on any atom is -0.468 e. The highest BCUT2D eigenvalue weighted by Gasteiger charge is 2.62. The predicted molar refractivity (Wildman–Crippen MR) is 186 cm³/mol. The number of fused-ring (bicyclic) bond motifs is 6. The highest BCUT2D eigenvalue weighted by Crippen LogP contribution is 2.60. The highest BCUT2D eigenvalue weighted by atomic mass is 16.5. The van der Waals surface area contributed by atoms with Gasteiger partial charge in [0.15, 0.2) is 0 Å². The van der Waals surface area contributed by atoms with E-state index in [9.17, 15) is 14.7 Å². The van der Waals surface area contributed by atoms with E-state index in [0.29, 0.717) is 32.7 Å². The molecule has 8 rings (SSSR count). The molecule has 49 heavy (non-hydrogen) atoms. The van der Waals surface area contributed by atoms with Gasteiger partial charge in [-0.2, -0.15) is 0 Å². The molecule has 3 aliphatic heterocycles. The Bertz CT molecular complexity index is 1950. The molecule has 3 saturated heterocycles. The number of allylic oxidation sites excluding steroid dienone is 1. The number of aromatic amines is 2. The minimum atomic E-state index is -1.32. The zero-order valence-electron chi connectivity index (χ0n) is 28.5. The Morgan fingerprint density at radius 1 is 1.04 bits per heavy atom. The molecule has 6 atom stereocenters. The summed E-state index contributed by atoms with van der Waals surface area (Å²) >= 11 is 0. The molecule has 0 amide bonds. The molecule has 4 aromatic rings. The van der Waals surface area contributed by atoms with Crippen molar-refractivity contribution < 1.29 is 28.9 Å². The van der Waals surface area contributed by atoms with E-state index < -0.39 is 16.8 Å². The summed E-state index contributed by atoms with van der Waals surface area (Å²) in [6.45, 7) is 5.16. The Balaban J connectivity index is 1.33. The number of aliphatic hydroxyl groups excluding tert-OH is 1. The second-order valence-corrected chi connectivity index (χ2v) is 14.3. The summed E-state index contributed by atoms with van der Waals surface area (Å²) in [5, 5.41) is 17.0. The summed E-state index contributed by atoms with van der Waals surface area (Å²) < 4.78 is 17.4. The second-order valence-electron chi connectivity index (χ2n) is 14.3. The molecule has 1 aliphatic carbocycles. The van der Waals surface area contributed by atoms with Gasteiger partial charge in [0, 0.05) is 64.8 Å². The van der Waals surface area contributed by atoms with Gasteiger partial charge in [0.2, 0.25) is 0 Å². The van der Waals surface area contributed by atoms with E-state index in [2.05, 4.69) is 50.5 Å². The summed E-state index contributed by atoms with van der Waals surface area (Å²) in [6.07, 6.45) is 4.38. The first-order chi connectivity index (χ1) is 23.9. The molecule has 2 aromatic carbocycles. The lowest BCUT2D eigenvalue weighted by Crippen LogP contribution is -2.59. The molecule has 0 unspecified atom stereocenters. The van der Waals surface area contributed by atoms with E-state index >= 15 is 0 Å². The molecule has 10 heteroatoms. The number of methoxy groups -OCH3 is 2. The molecule has 0 radical (unpaired) electrons. The van der Waals surface area contributed by atoms with Gasteiger partial charge in [-0.05, 0) is 74.4 Å². The van der Waals surface area contributed by atoms with Crippen LogP contribution in [0.3, 0.4) is 0 Å². The number of rotatable bonds is 7. The summed E-state index contributed by atoms with van der Waals surface area (Å²) in [4.78, 5) is 38.0. The largest absolute Gasteiger partial charge is 0.468 e. The number of benzene rings is 2.